The molecule has 0 aliphatic carbocycles. The van der Waals surface area contributed by atoms with Crippen LogP contribution in [-0.4, -0.2) is 30.0 Å². The first-order valence-corrected chi connectivity index (χ1v) is 4.14. The lowest BCUT2D eigenvalue weighted by Crippen LogP contribution is -2.32. The third-order valence-corrected chi connectivity index (χ3v) is 1.83. The number of nitrogens with two attached hydrogens (primary N) is 1. The van der Waals surface area contributed by atoms with Crippen molar-refractivity contribution >= 4 is 5.82 Å². The highest BCUT2D eigenvalue weighted by atomic mass is 16.5. The van der Waals surface area contributed by atoms with Crippen LogP contribution in [0.5, 0.6) is 5.88 Å². The zero-order valence-corrected chi connectivity index (χ0v) is 7.14. The van der Waals surface area contributed by atoms with Crippen LogP contribution in [-0.2, 0) is 4.74 Å². The topological polar surface area (TPSA) is 70.3 Å². The Kier molecular flexibility index (Phi) is 2.27. The van der Waals surface area contributed by atoms with Crippen molar-refractivity contribution in [3.63, 3.8) is 0 Å². The van der Waals surface area contributed by atoms with Crippen LogP contribution in [0, 0.1) is 5.92 Å². The van der Waals surface area contributed by atoms with Gasteiger partial charge in [0.15, 0.2) is 0 Å². The predicted molar refractivity (Wildman–Crippen MR) is 46.2 cm³/mol. The smallest absolute Gasteiger partial charge is 0.233 e. The first-order valence-electron chi connectivity index (χ1n) is 4.14. The van der Waals surface area contributed by atoms with Gasteiger partial charge in [-0.15, -0.1) is 10.2 Å². The van der Waals surface area contributed by atoms with E-state index in [1.807, 2.05) is 0 Å². The molecule has 0 unspecified atom stereocenters. The van der Waals surface area contributed by atoms with Crippen molar-refractivity contribution < 1.29 is 9.47 Å². The van der Waals surface area contributed by atoms with Crippen LogP contribution in [0.1, 0.15) is 0 Å². The molecule has 1 aromatic rings. The molecule has 0 aromatic carbocycles. The van der Waals surface area contributed by atoms with Crippen LogP contribution in [0.2, 0.25) is 0 Å². The van der Waals surface area contributed by atoms with Gasteiger partial charge in [-0.05, 0) is 6.07 Å². The van der Waals surface area contributed by atoms with Gasteiger partial charge in [-0.2, -0.15) is 0 Å². The first-order chi connectivity index (χ1) is 6.34. The fourth-order valence-electron chi connectivity index (χ4n) is 0.991. The molecule has 0 bridgehead atoms. The molecule has 0 radical (unpaired) electrons. The van der Waals surface area contributed by atoms with Gasteiger partial charge >= 0.3 is 0 Å². The largest absolute Gasteiger partial charge is 0.476 e. The molecule has 0 amide bonds. The predicted octanol–water partition coefficient (Wildman–Crippen LogP) is 0.0840. The summed E-state index contributed by atoms with van der Waals surface area (Å²) in [7, 11) is 0. The van der Waals surface area contributed by atoms with Crippen molar-refractivity contribution in [1.82, 2.24) is 10.2 Å². The monoisotopic (exact) mass is 181 g/mol. The van der Waals surface area contributed by atoms with Crippen LogP contribution in [0.3, 0.4) is 0 Å². The van der Waals surface area contributed by atoms with Crippen LogP contribution >= 0.6 is 0 Å². The highest BCUT2D eigenvalue weighted by molar-refractivity contribution is 5.27. The van der Waals surface area contributed by atoms with Gasteiger partial charge in [-0.1, -0.05) is 0 Å². The number of hydrogen-bond donors (Lipinski definition) is 1. The van der Waals surface area contributed by atoms with Gasteiger partial charge in [0.05, 0.1) is 19.8 Å². The van der Waals surface area contributed by atoms with Gasteiger partial charge in [0.2, 0.25) is 5.88 Å². The molecule has 5 nitrogen and oxygen atoms in total. The summed E-state index contributed by atoms with van der Waals surface area (Å²) >= 11 is 0. The number of nitrogen functional groups attached to an aromatic ring is 1. The highest BCUT2D eigenvalue weighted by Crippen LogP contribution is 2.12. The molecule has 13 heavy (non-hydrogen) atoms. The fourth-order valence-corrected chi connectivity index (χ4v) is 0.991. The van der Waals surface area contributed by atoms with E-state index in [0.29, 0.717) is 24.2 Å². The summed E-state index contributed by atoms with van der Waals surface area (Å²) in [6.45, 7) is 2.20. The van der Waals surface area contributed by atoms with E-state index in [9.17, 15) is 0 Å². The second kappa shape index (κ2) is 3.57. The number of ether oxygens (including phenoxy) is 2. The fraction of sp³-hybridized carbons (Fsp3) is 0.500. The maximum Gasteiger partial charge on any atom is 0.233 e. The Morgan fingerprint density at radius 1 is 1.46 bits per heavy atom. The lowest BCUT2D eigenvalue weighted by Gasteiger charge is -2.25. The second-order valence-corrected chi connectivity index (χ2v) is 3.01. The van der Waals surface area contributed by atoms with Crippen LogP contribution < -0.4 is 10.5 Å². The number of aromatic nitrogens is 2. The summed E-state index contributed by atoms with van der Waals surface area (Å²) in [5.74, 6) is 1.42. The zero-order chi connectivity index (χ0) is 9.10. The summed E-state index contributed by atoms with van der Waals surface area (Å²) in [4.78, 5) is 0. The molecule has 1 aromatic heterocycles. The van der Waals surface area contributed by atoms with E-state index < -0.39 is 0 Å². The lowest BCUT2D eigenvalue weighted by molar-refractivity contribution is -0.0515. The summed E-state index contributed by atoms with van der Waals surface area (Å²) in [6.07, 6.45) is 0. The van der Waals surface area contributed by atoms with Gasteiger partial charge < -0.3 is 15.2 Å². The molecule has 5 heteroatoms. The average molecular weight is 181 g/mol. The SMILES string of the molecule is Nc1ccc(OCC2COC2)nn1. The summed E-state index contributed by atoms with van der Waals surface area (Å²) in [6, 6.07) is 3.38. The number of anilines is 1. The normalized spacial score (nSPS) is 16.6. The molecule has 2 heterocycles. The van der Waals surface area contributed by atoms with Gasteiger partial charge in [-0.3, -0.25) is 0 Å². The van der Waals surface area contributed by atoms with Crippen LogP contribution in [0.15, 0.2) is 12.1 Å². The molecule has 1 aliphatic rings. The van der Waals surface area contributed by atoms with Crippen molar-refractivity contribution in [2.24, 2.45) is 5.92 Å². The van der Waals surface area contributed by atoms with E-state index in [1.165, 1.54) is 0 Å². The Labute approximate surface area is 75.9 Å². The molecule has 2 rings (SSSR count). The van der Waals surface area contributed by atoms with Crippen LogP contribution in [0.25, 0.3) is 0 Å². The zero-order valence-electron chi connectivity index (χ0n) is 7.14. The Morgan fingerprint density at radius 2 is 2.31 bits per heavy atom. The highest BCUT2D eigenvalue weighted by Gasteiger charge is 2.18. The standard InChI is InChI=1S/C8H11N3O2/c9-7-1-2-8(11-10-7)13-5-6-3-12-4-6/h1-2,6H,3-5H2,(H2,9,10). The molecule has 0 atom stereocenters. The van der Waals surface area contributed by atoms with E-state index >= 15 is 0 Å². The Morgan fingerprint density at radius 3 is 2.85 bits per heavy atom. The minimum Gasteiger partial charge on any atom is -0.476 e. The molecular formula is C8H11N3O2. The quantitative estimate of drug-likeness (QED) is 0.715. The first kappa shape index (κ1) is 8.25. The maximum atomic E-state index is 5.37. The second-order valence-electron chi connectivity index (χ2n) is 3.01. The van der Waals surface area contributed by atoms with Crippen LogP contribution in [0.4, 0.5) is 5.82 Å². The van der Waals surface area contributed by atoms with E-state index in [-0.39, 0.29) is 0 Å². The van der Waals surface area contributed by atoms with E-state index in [2.05, 4.69) is 10.2 Å². The molecule has 0 saturated carbocycles. The number of rotatable bonds is 3. The van der Waals surface area contributed by atoms with Gasteiger partial charge in [0.25, 0.3) is 0 Å². The van der Waals surface area contributed by atoms with E-state index in [4.69, 9.17) is 15.2 Å². The number of nitrogens with zero attached hydrogens (tertiary/aromatic N) is 2. The Balaban J connectivity index is 1.83. The number of hydrogen-bond acceptors (Lipinski definition) is 5. The van der Waals surface area contributed by atoms with Gasteiger partial charge in [0.1, 0.15) is 5.82 Å². The third kappa shape index (κ3) is 2.06. The molecule has 2 N–H and O–H groups in total. The van der Waals surface area contributed by atoms with Gasteiger partial charge in [0, 0.05) is 12.0 Å². The molecular weight excluding hydrogens is 170 g/mol. The Bertz CT molecular complexity index is 271. The summed E-state index contributed by atoms with van der Waals surface area (Å²) in [5, 5.41) is 7.44. The summed E-state index contributed by atoms with van der Waals surface area (Å²) < 4.78 is 10.4. The molecule has 70 valence electrons. The molecule has 1 fully saturated rings. The van der Waals surface area contributed by atoms with Crippen molar-refractivity contribution in [3.8, 4) is 5.88 Å². The van der Waals surface area contributed by atoms with Crippen molar-refractivity contribution in [3.05, 3.63) is 12.1 Å². The molecule has 1 saturated heterocycles. The Hall–Kier alpha value is -1.36. The lowest BCUT2D eigenvalue weighted by atomic mass is 10.1. The van der Waals surface area contributed by atoms with E-state index in [0.717, 1.165) is 13.2 Å². The molecule has 0 spiro atoms. The molecule has 1 aliphatic heterocycles. The minimum absolute atomic E-state index is 0.402. The average Bonchev–Trinajstić information content (AvgIpc) is 2.05. The van der Waals surface area contributed by atoms with E-state index in [1.54, 1.807) is 12.1 Å². The third-order valence-electron chi connectivity index (χ3n) is 1.83. The maximum absolute atomic E-state index is 5.37. The van der Waals surface area contributed by atoms with Crippen molar-refractivity contribution in [2.45, 2.75) is 0 Å². The van der Waals surface area contributed by atoms with Crippen molar-refractivity contribution in [2.75, 3.05) is 25.6 Å². The summed E-state index contributed by atoms with van der Waals surface area (Å²) in [5.41, 5.74) is 5.37. The van der Waals surface area contributed by atoms with Crippen molar-refractivity contribution in [1.29, 1.82) is 0 Å². The van der Waals surface area contributed by atoms with Gasteiger partial charge in [-0.25, -0.2) is 0 Å². The minimum atomic E-state index is 0.402.